The molecular weight excluding hydrogens is 198 g/mol. The van der Waals surface area contributed by atoms with Gasteiger partial charge in [0.25, 0.3) is 0 Å². The molecule has 0 aliphatic carbocycles. The van der Waals surface area contributed by atoms with E-state index in [2.05, 4.69) is 9.89 Å². The third kappa shape index (κ3) is 3.30. The van der Waals surface area contributed by atoms with Gasteiger partial charge in [0.05, 0.1) is 18.9 Å². The Balaban J connectivity index is 2.60. The number of hydrogen-bond donors (Lipinski definition) is 1. The van der Waals surface area contributed by atoms with Crippen LogP contribution >= 0.6 is 0 Å². The van der Waals surface area contributed by atoms with Crippen molar-refractivity contribution >= 4 is 12.2 Å². The lowest BCUT2D eigenvalue weighted by Gasteiger charge is -2.03. The number of carbonyl (C=O) groups excluding carboxylic acids is 1. The third-order valence-electron chi connectivity index (χ3n) is 1.68. The summed E-state index contributed by atoms with van der Waals surface area (Å²) >= 11 is 0. The summed E-state index contributed by atoms with van der Waals surface area (Å²) in [6.07, 6.45) is 1.22. The maximum atomic E-state index is 11.1. The fraction of sp³-hybridized carbons (Fsp3) is 0.200. The second-order valence-corrected chi connectivity index (χ2v) is 2.63. The van der Waals surface area contributed by atoms with Crippen molar-refractivity contribution in [3.8, 4) is 5.75 Å². The minimum absolute atomic E-state index is 0.175. The van der Waals surface area contributed by atoms with E-state index in [1.165, 1.54) is 13.3 Å². The Morgan fingerprint density at radius 3 is 2.67 bits per heavy atom. The molecular formula is C10H11NO4. The van der Waals surface area contributed by atoms with Crippen LogP contribution in [0.15, 0.2) is 29.4 Å². The molecule has 0 saturated heterocycles. The molecule has 0 fully saturated rings. The van der Waals surface area contributed by atoms with Gasteiger partial charge in [-0.05, 0) is 24.3 Å². The predicted molar refractivity (Wildman–Crippen MR) is 53.6 cm³/mol. The molecule has 0 aromatic heterocycles. The summed E-state index contributed by atoms with van der Waals surface area (Å²) in [5, 5.41) is 10.9. The van der Waals surface area contributed by atoms with E-state index in [0.717, 1.165) is 0 Å². The zero-order valence-electron chi connectivity index (χ0n) is 8.21. The number of ether oxygens (including phenoxy) is 2. The van der Waals surface area contributed by atoms with Crippen LogP contribution in [0.3, 0.4) is 0 Å². The Labute approximate surface area is 86.9 Å². The monoisotopic (exact) mass is 209 g/mol. The number of methoxy groups -OCH3 is 1. The summed E-state index contributed by atoms with van der Waals surface area (Å²) in [6, 6.07) is 6.46. The van der Waals surface area contributed by atoms with Gasteiger partial charge < -0.3 is 14.7 Å². The zero-order chi connectivity index (χ0) is 11.1. The van der Waals surface area contributed by atoms with Crippen molar-refractivity contribution in [3.05, 3.63) is 29.8 Å². The summed E-state index contributed by atoms with van der Waals surface area (Å²) in [5.74, 6) is 0.195. The first kappa shape index (κ1) is 11.0. The minimum Gasteiger partial charge on any atom is -0.488 e. The highest BCUT2D eigenvalue weighted by atomic mass is 16.5. The number of oxime groups is 1. The summed E-state index contributed by atoms with van der Waals surface area (Å²) < 4.78 is 9.69. The second kappa shape index (κ2) is 5.64. The zero-order valence-corrected chi connectivity index (χ0v) is 8.21. The van der Waals surface area contributed by atoms with Crippen LogP contribution in [0.5, 0.6) is 5.75 Å². The standard InChI is InChI=1S/C10H11NO4/c1-14-10(12)8-2-4-9(5-3-8)15-7-6-11-13/h2-6,13H,7H2,1H3/b11-6+. The molecule has 5 nitrogen and oxygen atoms in total. The number of rotatable bonds is 4. The molecule has 0 aliphatic rings. The van der Waals surface area contributed by atoms with E-state index in [0.29, 0.717) is 11.3 Å². The van der Waals surface area contributed by atoms with Crippen molar-refractivity contribution < 1.29 is 19.5 Å². The number of carbonyl (C=O) groups is 1. The van der Waals surface area contributed by atoms with E-state index >= 15 is 0 Å². The van der Waals surface area contributed by atoms with Gasteiger partial charge in [0, 0.05) is 0 Å². The van der Waals surface area contributed by atoms with Gasteiger partial charge in [0.2, 0.25) is 0 Å². The van der Waals surface area contributed by atoms with Gasteiger partial charge in [-0.3, -0.25) is 0 Å². The van der Waals surface area contributed by atoms with Crippen LogP contribution in [-0.2, 0) is 4.74 Å². The SMILES string of the molecule is COC(=O)c1ccc(OC/C=N/O)cc1. The van der Waals surface area contributed by atoms with E-state index in [1.807, 2.05) is 0 Å². The smallest absolute Gasteiger partial charge is 0.337 e. The van der Waals surface area contributed by atoms with Gasteiger partial charge in [0.1, 0.15) is 12.4 Å². The lowest BCUT2D eigenvalue weighted by molar-refractivity contribution is 0.0600. The first-order chi connectivity index (χ1) is 7.27. The molecule has 15 heavy (non-hydrogen) atoms. The molecule has 0 radical (unpaired) electrons. The quantitative estimate of drug-likeness (QED) is 0.351. The fourth-order valence-electron chi connectivity index (χ4n) is 0.972. The summed E-state index contributed by atoms with van der Waals surface area (Å²) in [4.78, 5) is 11.1. The van der Waals surface area contributed by atoms with Gasteiger partial charge >= 0.3 is 5.97 Å². The maximum Gasteiger partial charge on any atom is 0.337 e. The van der Waals surface area contributed by atoms with Crippen molar-refractivity contribution in [2.45, 2.75) is 0 Å². The molecule has 1 rings (SSSR count). The van der Waals surface area contributed by atoms with E-state index < -0.39 is 5.97 Å². The molecule has 5 heteroatoms. The normalized spacial score (nSPS) is 10.2. The Morgan fingerprint density at radius 2 is 2.13 bits per heavy atom. The van der Waals surface area contributed by atoms with Gasteiger partial charge in [-0.15, -0.1) is 0 Å². The molecule has 0 bridgehead atoms. The number of hydrogen-bond acceptors (Lipinski definition) is 5. The van der Waals surface area contributed by atoms with Crippen LogP contribution in [0.1, 0.15) is 10.4 Å². The molecule has 1 N–H and O–H groups in total. The van der Waals surface area contributed by atoms with Gasteiger partial charge in [0.15, 0.2) is 0 Å². The highest BCUT2D eigenvalue weighted by Crippen LogP contribution is 2.12. The largest absolute Gasteiger partial charge is 0.488 e. The average molecular weight is 209 g/mol. The Morgan fingerprint density at radius 1 is 1.47 bits per heavy atom. The summed E-state index contributed by atoms with van der Waals surface area (Å²) in [6.45, 7) is 0.175. The molecule has 80 valence electrons. The Kier molecular flexibility index (Phi) is 4.15. The molecule has 0 unspecified atom stereocenters. The lowest BCUT2D eigenvalue weighted by Crippen LogP contribution is -2.02. The molecule has 0 amide bonds. The summed E-state index contributed by atoms with van der Waals surface area (Å²) in [5.41, 5.74) is 0.459. The van der Waals surface area contributed by atoms with Crippen LogP contribution < -0.4 is 4.74 Å². The highest BCUT2D eigenvalue weighted by Gasteiger charge is 2.03. The van der Waals surface area contributed by atoms with Crippen molar-refractivity contribution in [2.75, 3.05) is 13.7 Å². The van der Waals surface area contributed by atoms with Crippen molar-refractivity contribution in [1.29, 1.82) is 0 Å². The molecule has 0 heterocycles. The van der Waals surface area contributed by atoms with E-state index in [4.69, 9.17) is 9.94 Å². The number of esters is 1. The van der Waals surface area contributed by atoms with Crippen molar-refractivity contribution in [1.82, 2.24) is 0 Å². The average Bonchev–Trinajstić information content (AvgIpc) is 2.29. The first-order valence-electron chi connectivity index (χ1n) is 4.25. The highest BCUT2D eigenvalue weighted by molar-refractivity contribution is 5.89. The second-order valence-electron chi connectivity index (χ2n) is 2.63. The molecule has 0 spiro atoms. The predicted octanol–water partition coefficient (Wildman–Crippen LogP) is 1.31. The molecule has 0 aliphatic heterocycles. The van der Waals surface area contributed by atoms with Crippen LogP contribution in [0.2, 0.25) is 0 Å². The Hall–Kier alpha value is -2.04. The topological polar surface area (TPSA) is 68.1 Å². The minimum atomic E-state index is -0.390. The molecule has 1 aromatic carbocycles. The van der Waals surface area contributed by atoms with Gasteiger partial charge in [-0.25, -0.2) is 4.79 Å². The van der Waals surface area contributed by atoms with E-state index in [-0.39, 0.29) is 6.61 Å². The van der Waals surface area contributed by atoms with Crippen LogP contribution in [-0.4, -0.2) is 31.1 Å². The van der Waals surface area contributed by atoms with Gasteiger partial charge in [-0.1, -0.05) is 5.16 Å². The maximum absolute atomic E-state index is 11.1. The molecule has 0 saturated carbocycles. The molecule has 0 atom stereocenters. The lowest BCUT2D eigenvalue weighted by atomic mass is 10.2. The molecule has 1 aromatic rings. The number of benzene rings is 1. The van der Waals surface area contributed by atoms with Crippen molar-refractivity contribution in [2.24, 2.45) is 5.16 Å². The van der Waals surface area contributed by atoms with Crippen LogP contribution in [0, 0.1) is 0 Å². The fourth-order valence-corrected chi connectivity index (χ4v) is 0.972. The van der Waals surface area contributed by atoms with Gasteiger partial charge in [-0.2, -0.15) is 0 Å². The first-order valence-corrected chi connectivity index (χ1v) is 4.25. The van der Waals surface area contributed by atoms with E-state index in [9.17, 15) is 4.79 Å². The van der Waals surface area contributed by atoms with Crippen LogP contribution in [0.25, 0.3) is 0 Å². The van der Waals surface area contributed by atoms with Crippen molar-refractivity contribution in [3.63, 3.8) is 0 Å². The third-order valence-corrected chi connectivity index (χ3v) is 1.68. The number of nitrogens with zero attached hydrogens (tertiary/aromatic N) is 1. The van der Waals surface area contributed by atoms with E-state index in [1.54, 1.807) is 24.3 Å². The Bertz CT molecular complexity index is 345. The summed E-state index contributed by atoms with van der Waals surface area (Å²) in [7, 11) is 1.32. The van der Waals surface area contributed by atoms with Crippen LogP contribution in [0.4, 0.5) is 0 Å².